The minimum Gasteiger partial charge on any atom is -0.480 e. The van der Waals surface area contributed by atoms with E-state index in [9.17, 15) is 9.59 Å². The third kappa shape index (κ3) is 3.97. The van der Waals surface area contributed by atoms with Gasteiger partial charge in [0.25, 0.3) is 0 Å². The van der Waals surface area contributed by atoms with Crippen LogP contribution in [0, 0.1) is 23.7 Å². The Morgan fingerprint density at radius 3 is 2.68 bits per heavy atom. The van der Waals surface area contributed by atoms with E-state index in [2.05, 4.69) is 11.2 Å². The third-order valence-electron chi connectivity index (χ3n) is 3.76. The minimum absolute atomic E-state index is 0.0364. The van der Waals surface area contributed by atoms with Crippen LogP contribution in [0.15, 0.2) is 0 Å². The number of carboxylic acids is 1. The molecule has 5 nitrogen and oxygen atoms in total. The number of rotatable bonds is 5. The molecule has 0 spiro atoms. The number of terminal acetylenes is 1. The molecule has 1 amide bonds. The highest BCUT2D eigenvalue weighted by Crippen LogP contribution is 2.33. The van der Waals surface area contributed by atoms with Gasteiger partial charge in [0.2, 0.25) is 5.91 Å². The molecular formula is C14H22N2O3. The second kappa shape index (κ2) is 6.58. The van der Waals surface area contributed by atoms with Crippen molar-refractivity contribution >= 4 is 11.9 Å². The largest absolute Gasteiger partial charge is 0.480 e. The highest BCUT2D eigenvalue weighted by atomic mass is 16.4. The third-order valence-corrected chi connectivity index (χ3v) is 3.76. The molecule has 0 aromatic carbocycles. The number of nitrogens with one attached hydrogen (secondary N) is 1. The van der Waals surface area contributed by atoms with Crippen LogP contribution in [-0.4, -0.2) is 48.1 Å². The molecule has 1 rings (SSSR count). The van der Waals surface area contributed by atoms with Crippen LogP contribution in [0.25, 0.3) is 0 Å². The molecule has 1 saturated heterocycles. The number of amides is 1. The first-order valence-electron chi connectivity index (χ1n) is 6.55. The second-order valence-electron chi connectivity index (χ2n) is 5.52. The Morgan fingerprint density at radius 2 is 2.21 bits per heavy atom. The summed E-state index contributed by atoms with van der Waals surface area (Å²) < 4.78 is 0. The van der Waals surface area contributed by atoms with Crippen molar-refractivity contribution in [2.45, 2.75) is 26.7 Å². The van der Waals surface area contributed by atoms with Crippen LogP contribution in [0.3, 0.4) is 0 Å². The first-order chi connectivity index (χ1) is 8.89. The van der Waals surface area contributed by atoms with E-state index in [1.165, 1.54) is 4.90 Å². The molecule has 2 N–H and O–H groups in total. The van der Waals surface area contributed by atoms with Crippen molar-refractivity contribution in [1.82, 2.24) is 10.2 Å². The fourth-order valence-electron chi connectivity index (χ4n) is 2.52. The number of piperidine rings is 1. The molecule has 1 aliphatic heterocycles. The predicted molar refractivity (Wildman–Crippen MR) is 72.4 cm³/mol. The zero-order valence-corrected chi connectivity index (χ0v) is 11.6. The van der Waals surface area contributed by atoms with Crippen molar-refractivity contribution in [2.24, 2.45) is 11.3 Å². The lowest BCUT2D eigenvalue weighted by molar-refractivity contribution is -0.150. The average molecular weight is 266 g/mol. The zero-order chi connectivity index (χ0) is 14.5. The summed E-state index contributed by atoms with van der Waals surface area (Å²) in [7, 11) is 0. The highest BCUT2D eigenvalue weighted by molar-refractivity contribution is 5.86. The van der Waals surface area contributed by atoms with Gasteiger partial charge in [-0.2, -0.15) is 0 Å². The number of aliphatic carboxylic acids is 1. The highest BCUT2D eigenvalue weighted by Gasteiger charge is 2.40. The Labute approximate surface area is 114 Å². The van der Waals surface area contributed by atoms with Crippen molar-refractivity contribution in [3.63, 3.8) is 0 Å². The van der Waals surface area contributed by atoms with Gasteiger partial charge in [-0.15, -0.1) is 6.42 Å². The van der Waals surface area contributed by atoms with Crippen molar-refractivity contribution < 1.29 is 14.7 Å². The first kappa shape index (κ1) is 15.5. The SMILES string of the molecule is C#CCN(CC(=O)O)C(=O)C(C)(C)C1CCCNC1. The smallest absolute Gasteiger partial charge is 0.323 e. The maximum atomic E-state index is 12.5. The Morgan fingerprint density at radius 1 is 1.53 bits per heavy atom. The topological polar surface area (TPSA) is 69.6 Å². The van der Waals surface area contributed by atoms with Crippen molar-refractivity contribution in [3.8, 4) is 12.3 Å². The van der Waals surface area contributed by atoms with Crippen LogP contribution in [0.4, 0.5) is 0 Å². The maximum Gasteiger partial charge on any atom is 0.323 e. The summed E-state index contributed by atoms with van der Waals surface area (Å²) in [4.78, 5) is 24.6. The van der Waals surface area contributed by atoms with Gasteiger partial charge < -0.3 is 15.3 Å². The van der Waals surface area contributed by atoms with Crippen molar-refractivity contribution in [2.75, 3.05) is 26.2 Å². The van der Waals surface area contributed by atoms with Crippen LogP contribution in [0.2, 0.25) is 0 Å². The molecule has 1 heterocycles. The van der Waals surface area contributed by atoms with Gasteiger partial charge >= 0.3 is 5.97 Å². The molecule has 1 atom stereocenters. The van der Waals surface area contributed by atoms with E-state index < -0.39 is 11.4 Å². The Balaban J connectivity index is 2.80. The van der Waals surface area contributed by atoms with Gasteiger partial charge in [-0.1, -0.05) is 19.8 Å². The van der Waals surface area contributed by atoms with Crippen LogP contribution in [0.1, 0.15) is 26.7 Å². The van der Waals surface area contributed by atoms with Gasteiger partial charge in [-0.05, 0) is 31.8 Å². The summed E-state index contributed by atoms with van der Waals surface area (Å²) >= 11 is 0. The maximum absolute atomic E-state index is 12.5. The minimum atomic E-state index is -1.04. The van der Waals surface area contributed by atoms with E-state index in [0.29, 0.717) is 0 Å². The summed E-state index contributed by atoms with van der Waals surface area (Å²) in [5, 5.41) is 12.1. The number of hydrogen-bond acceptors (Lipinski definition) is 3. The number of carbonyl (C=O) groups is 2. The molecule has 0 radical (unpaired) electrons. The predicted octanol–water partition coefficient (Wildman–Crippen LogP) is 0.559. The zero-order valence-electron chi connectivity index (χ0n) is 11.6. The lowest BCUT2D eigenvalue weighted by atomic mass is 9.74. The van der Waals surface area contributed by atoms with Crippen LogP contribution in [0.5, 0.6) is 0 Å². The van der Waals surface area contributed by atoms with Gasteiger partial charge in [-0.3, -0.25) is 9.59 Å². The molecule has 0 aromatic rings. The molecule has 0 bridgehead atoms. The lowest BCUT2D eigenvalue weighted by Gasteiger charge is -2.38. The van der Waals surface area contributed by atoms with E-state index in [1.54, 1.807) is 0 Å². The Kier molecular flexibility index (Phi) is 5.37. The number of nitrogens with zero attached hydrogens (tertiary/aromatic N) is 1. The number of hydrogen-bond donors (Lipinski definition) is 2. The van der Waals surface area contributed by atoms with Gasteiger partial charge in [0.15, 0.2) is 0 Å². The molecular weight excluding hydrogens is 244 g/mol. The second-order valence-corrected chi connectivity index (χ2v) is 5.52. The summed E-state index contributed by atoms with van der Waals surface area (Å²) in [5.41, 5.74) is -0.597. The van der Waals surface area contributed by atoms with Gasteiger partial charge in [0.05, 0.1) is 6.54 Å². The average Bonchev–Trinajstić information content (AvgIpc) is 2.38. The van der Waals surface area contributed by atoms with E-state index in [1.807, 2.05) is 13.8 Å². The fraction of sp³-hybridized carbons (Fsp3) is 0.714. The Hall–Kier alpha value is -1.54. The van der Waals surface area contributed by atoms with Gasteiger partial charge in [-0.25, -0.2) is 0 Å². The summed E-state index contributed by atoms with van der Waals surface area (Å²) in [6.07, 6.45) is 7.23. The van der Waals surface area contributed by atoms with Crippen LogP contribution < -0.4 is 5.32 Å². The molecule has 0 aromatic heterocycles. The number of carbonyl (C=O) groups excluding carboxylic acids is 1. The van der Waals surface area contributed by atoms with Crippen molar-refractivity contribution in [1.29, 1.82) is 0 Å². The summed E-state index contributed by atoms with van der Waals surface area (Å²) in [6.45, 7) is 5.21. The van der Waals surface area contributed by atoms with Gasteiger partial charge in [0, 0.05) is 5.41 Å². The fourth-order valence-corrected chi connectivity index (χ4v) is 2.52. The van der Waals surface area contributed by atoms with E-state index in [0.717, 1.165) is 25.9 Å². The summed E-state index contributed by atoms with van der Waals surface area (Å²) in [5.74, 6) is 1.35. The molecule has 1 unspecified atom stereocenters. The Bertz CT molecular complexity index is 379. The molecule has 0 saturated carbocycles. The monoisotopic (exact) mass is 266 g/mol. The van der Waals surface area contributed by atoms with Crippen LogP contribution in [-0.2, 0) is 9.59 Å². The molecule has 1 fully saturated rings. The number of carboxylic acid groups (broad SMARTS) is 1. The van der Waals surface area contributed by atoms with E-state index in [4.69, 9.17) is 11.5 Å². The molecule has 5 heteroatoms. The molecule has 0 aliphatic carbocycles. The quantitative estimate of drug-likeness (QED) is 0.713. The van der Waals surface area contributed by atoms with Crippen LogP contribution >= 0.6 is 0 Å². The van der Waals surface area contributed by atoms with E-state index in [-0.39, 0.29) is 24.9 Å². The van der Waals surface area contributed by atoms with Gasteiger partial charge in [0.1, 0.15) is 6.54 Å². The normalized spacial score (nSPS) is 19.5. The first-order valence-corrected chi connectivity index (χ1v) is 6.55. The molecule has 1 aliphatic rings. The molecule has 106 valence electrons. The van der Waals surface area contributed by atoms with Crippen molar-refractivity contribution in [3.05, 3.63) is 0 Å². The van der Waals surface area contributed by atoms with E-state index >= 15 is 0 Å². The standard InChI is InChI=1S/C14H22N2O3/c1-4-8-16(10-12(17)18)13(19)14(2,3)11-6-5-7-15-9-11/h1,11,15H,5-10H2,2-3H3,(H,17,18). The summed E-state index contributed by atoms with van der Waals surface area (Å²) in [6, 6.07) is 0. The molecule has 19 heavy (non-hydrogen) atoms. The lowest BCUT2D eigenvalue weighted by Crippen LogP contribution is -2.50.